The van der Waals surface area contributed by atoms with E-state index in [2.05, 4.69) is 48.5 Å². The van der Waals surface area contributed by atoms with Gasteiger partial charge in [-0.15, -0.1) is 0 Å². The molecule has 0 atom stereocenters. The van der Waals surface area contributed by atoms with Crippen molar-refractivity contribution in [2.45, 2.75) is 244 Å². The molecule has 4 fully saturated rings. The summed E-state index contributed by atoms with van der Waals surface area (Å²) in [6, 6.07) is 0. The van der Waals surface area contributed by atoms with Crippen LogP contribution in [0.5, 0.6) is 0 Å². The van der Waals surface area contributed by atoms with Crippen LogP contribution in [0.2, 0.25) is 0 Å². The number of aliphatic hydroxyl groups is 1. The molecule has 3 nitrogen and oxygen atoms in total. The van der Waals surface area contributed by atoms with Crippen molar-refractivity contribution in [2.24, 2.45) is 5.92 Å². The predicted molar refractivity (Wildman–Crippen MR) is 203 cm³/mol. The van der Waals surface area contributed by atoms with Gasteiger partial charge in [-0.1, -0.05) is 231 Å². The van der Waals surface area contributed by atoms with Gasteiger partial charge in [0.15, 0.2) is 0 Å². The quantitative estimate of drug-likeness (QED) is 0.330. The van der Waals surface area contributed by atoms with Crippen LogP contribution in [0, 0.1) is 5.92 Å². The van der Waals surface area contributed by atoms with Crippen LogP contribution in [0.15, 0.2) is 0 Å². The Morgan fingerprint density at radius 2 is 0.674 bits per heavy atom. The highest BCUT2D eigenvalue weighted by Gasteiger charge is 2.09. The van der Waals surface area contributed by atoms with Gasteiger partial charge < -0.3 is 10.2 Å². The predicted octanol–water partition coefficient (Wildman–Crippen LogP) is 15.2. The van der Waals surface area contributed by atoms with E-state index in [0.717, 1.165) is 12.3 Å². The molecule has 0 unspecified atom stereocenters. The Bertz CT molecular complexity index is 326. The minimum atomic E-state index is -0.745. The molecule has 0 aromatic heterocycles. The summed E-state index contributed by atoms with van der Waals surface area (Å²) in [6.45, 7) is 22.9. The molecular weight excluding hydrogens is 528 g/mol. The molecule has 0 radical (unpaired) electrons. The fraction of sp³-hybridized carbons (Fsp3) is 0.975. The van der Waals surface area contributed by atoms with Gasteiger partial charge >= 0.3 is 5.97 Å². The Hall–Kier alpha value is -0.570. The zero-order valence-electron chi connectivity index (χ0n) is 31.8. The van der Waals surface area contributed by atoms with Crippen LogP contribution in [0.4, 0.5) is 0 Å². The number of carbonyl (C=O) groups is 1. The molecule has 0 aromatic rings. The van der Waals surface area contributed by atoms with Gasteiger partial charge in [-0.25, -0.2) is 0 Å². The molecule has 0 saturated heterocycles. The minimum Gasteiger partial charge on any atom is -0.481 e. The Morgan fingerprint density at radius 3 is 0.767 bits per heavy atom. The second-order valence-electron chi connectivity index (χ2n) is 11.5. The molecule has 0 amide bonds. The van der Waals surface area contributed by atoms with Crippen molar-refractivity contribution in [3.05, 3.63) is 0 Å². The summed E-state index contributed by atoms with van der Waals surface area (Å²) >= 11 is 0. The fourth-order valence-corrected chi connectivity index (χ4v) is 3.54. The molecule has 4 rings (SSSR count). The van der Waals surface area contributed by atoms with E-state index in [4.69, 9.17) is 10.2 Å². The van der Waals surface area contributed by atoms with Gasteiger partial charge in [0.2, 0.25) is 0 Å². The maximum absolute atomic E-state index is 9.37. The molecule has 2 N–H and O–H groups in total. The first-order chi connectivity index (χ1) is 20.4. The minimum absolute atomic E-state index is 0. The zero-order chi connectivity index (χ0) is 33.5. The zero-order valence-corrected chi connectivity index (χ0v) is 31.8. The molecule has 0 aliphatic heterocycles. The Morgan fingerprint density at radius 1 is 0.512 bits per heavy atom. The van der Waals surface area contributed by atoms with Crippen molar-refractivity contribution in [1.29, 1.82) is 0 Å². The average Bonchev–Trinajstić information content (AvgIpc) is 3.81. The van der Waals surface area contributed by atoms with Crippen LogP contribution >= 0.6 is 0 Å². The van der Waals surface area contributed by atoms with Gasteiger partial charge in [0.1, 0.15) is 0 Å². The maximum atomic E-state index is 9.37. The summed E-state index contributed by atoms with van der Waals surface area (Å²) in [6.07, 6.45) is 34.8. The van der Waals surface area contributed by atoms with Crippen molar-refractivity contribution in [1.82, 2.24) is 0 Å². The monoisotopic (exact) mass is 621 g/mol. The Balaban J connectivity index is -0.0000000687. The van der Waals surface area contributed by atoms with E-state index in [1.54, 1.807) is 6.92 Å². The molecule has 270 valence electrons. The van der Waals surface area contributed by atoms with Crippen LogP contribution in [0.3, 0.4) is 0 Å². The van der Waals surface area contributed by atoms with Gasteiger partial charge in [-0.3, -0.25) is 4.79 Å². The fourth-order valence-electron chi connectivity index (χ4n) is 3.54. The highest BCUT2D eigenvalue weighted by Crippen LogP contribution is 2.25. The van der Waals surface area contributed by atoms with Gasteiger partial charge in [-0.2, -0.15) is 0 Å². The van der Waals surface area contributed by atoms with Crippen LogP contribution < -0.4 is 0 Å². The lowest BCUT2D eigenvalue weighted by molar-refractivity contribution is -0.136. The van der Waals surface area contributed by atoms with Gasteiger partial charge in [-0.05, 0) is 12.3 Å². The smallest absolute Gasteiger partial charge is 0.303 e. The Labute approximate surface area is 277 Å². The summed E-state index contributed by atoms with van der Waals surface area (Å²) in [5.74, 6) is 0.341. The van der Waals surface area contributed by atoms with E-state index < -0.39 is 5.97 Å². The van der Waals surface area contributed by atoms with E-state index in [1.165, 1.54) is 148 Å². The van der Waals surface area contributed by atoms with E-state index in [0.29, 0.717) is 6.61 Å². The molecule has 4 aliphatic carbocycles. The number of hydrogen-bond acceptors (Lipinski definition) is 2. The summed E-state index contributed by atoms with van der Waals surface area (Å²) in [7, 11) is 0. The van der Waals surface area contributed by atoms with Crippen LogP contribution in [-0.2, 0) is 4.79 Å². The third-order valence-electron chi connectivity index (χ3n) is 5.93. The summed E-state index contributed by atoms with van der Waals surface area (Å²) in [5, 5.41) is 15.6. The molecule has 0 bridgehead atoms. The maximum Gasteiger partial charge on any atom is 0.303 e. The van der Waals surface area contributed by atoms with Crippen molar-refractivity contribution in [3.8, 4) is 0 Å². The Kier molecular flexibility index (Phi) is 92.5. The van der Waals surface area contributed by atoms with Gasteiger partial charge in [0, 0.05) is 13.0 Å². The second-order valence-corrected chi connectivity index (χ2v) is 11.5. The molecule has 0 aromatic carbocycles. The van der Waals surface area contributed by atoms with Crippen molar-refractivity contribution >= 4 is 5.97 Å². The molecule has 3 heteroatoms. The first-order valence-electron chi connectivity index (χ1n) is 19.2. The van der Waals surface area contributed by atoms with E-state index in [-0.39, 0.29) is 13.8 Å². The summed E-state index contributed by atoms with van der Waals surface area (Å²) in [5.41, 5.74) is 0. The normalized spacial score (nSPS) is 15.2. The third kappa shape index (κ3) is 108. The number of rotatable bonds is 3. The molecule has 0 spiro atoms. The highest BCUT2D eigenvalue weighted by molar-refractivity contribution is 5.66. The van der Waals surface area contributed by atoms with Crippen molar-refractivity contribution in [3.63, 3.8) is 0 Å². The SMILES string of the molecule is C.C1CC1.C1CCCC1.C1CCCCC1.CC.CCC.CCC.CCC.CCC(=O)O.CCC1CCCCC1.CCCO. The standard InChI is InChI=1S/C8H16.C6H12.C5H10.C3H6O2.C3H8O.C3H6.3C3H8.C2H6.CH4/c1-2-8-6-4-3-5-7-8;1-2-4-6-5-3-1;1-2-4-5-3-1;1-2-3(4)5;1-2-3-4;1-2-3-1;3*1-3-2;1-2;/h8H,2-7H2,1H3;1-6H2;1-5H2;2H2,1H3,(H,4,5);4H,2-3H2,1H3;1-3H2;3*3H2,1-2H3;1-2H3;1H4. The van der Waals surface area contributed by atoms with E-state index in [9.17, 15) is 4.79 Å². The third-order valence-corrected chi connectivity index (χ3v) is 5.93. The number of carboxylic acids is 1. The summed E-state index contributed by atoms with van der Waals surface area (Å²) < 4.78 is 0. The van der Waals surface area contributed by atoms with Gasteiger partial charge in [0.25, 0.3) is 0 Å². The average molecular weight is 621 g/mol. The van der Waals surface area contributed by atoms with Crippen molar-refractivity contribution in [2.75, 3.05) is 6.61 Å². The van der Waals surface area contributed by atoms with Crippen LogP contribution in [-0.4, -0.2) is 22.8 Å². The second kappa shape index (κ2) is 68.6. The van der Waals surface area contributed by atoms with E-state index >= 15 is 0 Å². The first kappa shape index (κ1) is 58.0. The molecule has 0 heterocycles. The van der Waals surface area contributed by atoms with Gasteiger partial charge in [0.05, 0.1) is 0 Å². The molecule has 4 saturated carbocycles. The highest BCUT2D eigenvalue weighted by atomic mass is 16.4. The first-order valence-corrected chi connectivity index (χ1v) is 19.2. The topological polar surface area (TPSA) is 57.5 Å². The lowest BCUT2D eigenvalue weighted by Crippen LogP contribution is -2.03. The molecule has 4 aliphatic rings. The largest absolute Gasteiger partial charge is 0.481 e. The number of hydrogen-bond donors (Lipinski definition) is 2. The van der Waals surface area contributed by atoms with Crippen LogP contribution in [0.1, 0.15) is 244 Å². The van der Waals surface area contributed by atoms with Crippen molar-refractivity contribution < 1.29 is 15.0 Å². The lowest BCUT2D eigenvalue weighted by Gasteiger charge is -2.18. The molecular formula is C40H92O3. The molecule has 43 heavy (non-hydrogen) atoms. The number of aliphatic carboxylic acids is 1. The number of aliphatic hydroxyl groups excluding tert-OH is 1. The van der Waals surface area contributed by atoms with E-state index in [1.807, 2.05) is 20.8 Å². The lowest BCUT2D eigenvalue weighted by atomic mass is 9.88. The van der Waals surface area contributed by atoms with Crippen LogP contribution in [0.25, 0.3) is 0 Å². The summed E-state index contributed by atoms with van der Waals surface area (Å²) in [4.78, 5) is 9.37. The number of carboxylic acid groups (broad SMARTS) is 1.